The van der Waals surface area contributed by atoms with E-state index in [1.807, 2.05) is 0 Å². The van der Waals surface area contributed by atoms with E-state index in [4.69, 9.17) is 16.3 Å². The standard InChI is InChI=1S/C28H30ClF3N2O3S/c1-37-18-6-7-24-19(16-18)25(20(29)17-33-24)21(30)8-9-28(27(35)36)10-13-34(14-11-28)12-3-15-38-26-22(31)4-2-5-23(26)32/h2,4-7,16-17,21H,3,8-15H2,1H3,(H,35,36). The number of carboxylic acids is 1. The van der Waals surface area contributed by atoms with E-state index in [-0.39, 0.29) is 22.8 Å². The Kier molecular flexibility index (Phi) is 9.44. The zero-order valence-corrected chi connectivity index (χ0v) is 22.6. The van der Waals surface area contributed by atoms with Crippen molar-refractivity contribution in [2.75, 3.05) is 32.5 Å². The predicted octanol–water partition coefficient (Wildman–Crippen LogP) is 7.32. The number of nitrogens with zero attached hydrogens (tertiary/aromatic N) is 2. The molecule has 0 aliphatic carbocycles. The van der Waals surface area contributed by atoms with Crippen molar-refractivity contribution in [3.63, 3.8) is 0 Å². The summed E-state index contributed by atoms with van der Waals surface area (Å²) in [6.45, 7) is 1.83. The van der Waals surface area contributed by atoms with Crippen LogP contribution in [0.15, 0.2) is 47.5 Å². The smallest absolute Gasteiger partial charge is 0.309 e. The van der Waals surface area contributed by atoms with E-state index in [9.17, 15) is 18.7 Å². The topological polar surface area (TPSA) is 62.7 Å². The van der Waals surface area contributed by atoms with Gasteiger partial charge in [-0.1, -0.05) is 17.7 Å². The Morgan fingerprint density at radius 3 is 2.61 bits per heavy atom. The SMILES string of the molecule is COc1ccc2ncc(Cl)c(C(F)CCC3(C(=O)O)CCN(CCCSc4c(F)cccc4F)CC3)c2c1. The minimum absolute atomic E-state index is 0.0210. The highest BCUT2D eigenvalue weighted by atomic mass is 35.5. The van der Waals surface area contributed by atoms with Crippen molar-refractivity contribution in [1.29, 1.82) is 0 Å². The molecule has 204 valence electrons. The van der Waals surface area contributed by atoms with Gasteiger partial charge in [0.2, 0.25) is 0 Å². The molecule has 1 aliphatic heterocycles. The number of carbonyl (C=O) groups is 1. The number of likely N-dealkylation sites (tertiary alicyclic amines) is 1. The fraction of sp³-hybridized carbons (Fsp3) is 0.429. The monoisotopic (exact) mass is 566 g/mol. The van der Waals surface area contributed by atoms with E-state index in [1.165, 1.54) is 31.5 Å². The second-order valence-electron chi connectivity index (χ2n) is 9.59. The van der Waals surface area contributed by atoms with E-state index in [2.05, 4.69) is 9.88 Å². The molecule has 38 heavy (non-hydrogen) atoms. The lowest BCUT2D eigenvalue weighted by Gasteiger charge is -2.39. The van der Waals surface area contributed by atoms with Crippen molar-refractivity contribution in [3.8, 4) is 5.75 Å². The molecule has 5 nitrogen and oxygen atoms in total. The molecule has 1 fully saturated rings. The number of pyridine rings is 1. The molecule has 2 aromatic carbocycles. The summed E-state index contributed by atoms with van der Waals surface area (Å²) in [5.41, 5.74) is -0.124. The molecule has 2 heterocycles. The molecular formula is C28H30ClF3N2O3S. The molecule has 1 atom stereocenters. The zero-order valence-electron chi connectivity index (χ0n) is 21.1. The fourth-order valence-corrected chi connectivity index (χ4v) is 6.18. The summed E-state index contributed by atoms with van der Waals surface area (Å²) in [7, 11) is 1.52. The maximum absolute atomic E-state index is 15.6. The van der Waals surface area contributed by atoms with Crippen LogP contribution in [0.3, 0.4) is 0 Å². The summed E-state index contributed by atoms with van der Waals surface area (Å²) in [4.78, 5) is 18.8. The number of rotatable bonds is 11. The molecule has 0 bridgehead atoms. The summed E-state index contributed by atoms with van der Waals surface area (Å²) in [5, 5.41) is 10.8. The summed E-state index contributed by atoms with van der Waals surface area (Å²) >= 11 is 7.48. The number of piperidine rings is 1. The molecule has 1 aliphatic rings. The van der Waals surface area contributed by atoms with Crippen molar-refractivity contribution in [2.24, 2.45) is 5.41 Å². The molecule has 4 rings (SSSR count). The number of alkyl halides is 1. The second kappa shape index (κ2) is 12.6. The Balaban J connectivity index is 1.33. The first kappa shape index (κ1) is 28.5. The van der Waals surface area contributed by atoms with E-state index >= 15 is 4.39 Å². The Morgan fingerprint density at radius 2 is 1.95 bits per heavy atom. The Bertz CT molecular complexity index is 1270. The fourth-order valence-electron chi connectivity index (χ4n) is 5.02. The first-order valence-corrected chi connectivity index (χ1v) is 13.9. The maximum Gasteiger partial charge on any atom is 0.309 e. The minimum Gasteiger partial charge on any atom is -0.497 e. The lowest BCUT2D eigenvalue weighted by molar-refractivity contribution is -0.153. The van der Waals surface area contributed by atoms with Gasteiger partial charge in [-0.2, -0.15) is 0 Å². The first-order valence-electron chi connectivity index (χ1n) is 12.5. The molecule has 3 aromatic rings. The second-order valence-corrected chi connectivity index (χ2v) is 11.1. The van der Waals surface area contributed by atoms with Gasteiger partial charge in [-0.05, 0) is 87.8 Å². The number of halogens is 4. The molecule has 0 spiro atoms. The van der Waals surface area contributed by atoms with Crippen molar-refractivity contribution < 1.29 is 27.8 Å². The van der Waals surface area contributed by atoms with Gasteiger partial charge < -0.3 is 14.7 Å². The van der Waals surface area contributed by atoms with Crippen molar-refractivity contribution >= 4 is 40.2 Å². The number of ether oxygens (including phenoxy) is 1. The number of hydrogen-bond acceptors (Lipinski definition) is 5. The number of methoxy groups -OCH3 is 1. The Labute approximate surface area is 229 Å². The maximum atomic E-state index is 15.6. The molecule has 0 radical (unpaired) electrons. The molecule has 1 unspecified atom stereocenters. The molecule has 1 N–H and O–H groups in total. The molecule has 1 aromatic heterocycles. The van der Waals surface area contributed by atoms with Gasteiger partial charge in [0.25, 0.3) is 0 Å². The average Bonchev–Trinajstić information content (AvgIpc) is 2.91. The highest BCUT2D eigenvalue weighted by Gasteiger charge is 2.41. The van der Waals surface area contributed by atoms with Crippen LogP contribution in [0, 0.1) is 17.0 Å². The number of aliphatic carboxylic acids is 1. The van der Waals surface area contributed by atoms with Gasteiger partial charge in [-0.3, -0.25) is 9.78 Å². The van der Waals surface area contributed by atoms with Crippen molar-refractivity contribution in [2.45, 2.75) is 43.2 Å². The van der Waals surface area contributed by atoms with E-state index in [1.54, 1.807) is 18.2 Å². The lowest BCUT2D eigenvalue weighted by atomic mass is 9.74. The summed E-state index contributed by atoms with van der Waals surface area (Å²) in [6.07, 6.45) is 1.69. The number of carboxylic acid groups (broad SMARTS) is 1. The van der Waals surface area contributed by atoms with Crippen LogP contribution in [-0.2, 0) is 4.79 Å². The predicted molar refractivity (Wildman–Crippen MR) is 144 cm³/mol. The highest BCUT2D eigenvalue weighted by Crippen LogP contribution is 2.42. The third-order valence-electron chi connectivity index (χ3n) is 7.31. The number of thioether (sulfide) groups is 1. The van der Waals surface area contributed by atoms with Crippen LogP contribution in [-0.4, -0.2) is 53.5 Å². The number of benzene rings is 2. The summed E-state index contributed by atoms with van der Waals surface area (Å²) in [6, 6.07) is 9.00. The van der Waals surface area contributed by atoms with Crippen LogP contribution in [0.2, 0.25) is 5.02 Å². The van der Waals surface area contributed by atoms with Crippen LogP contribution in [0.5, 0.6) is 5.75 Å². The molecule has 0 saturated carbocycles. The van der Waals surface area contributed by atoms with Gasteiger partial charge in [-0.15, -0.1) is 11.8 Å². The average molecular weight is 567 g/mol. The van der Waals surface area contributed by atoms with Gasteiger partial charge in [0.05, 0.1) is 28.0 Å². The third-order valence-corrected chi connectivity index (χ3v) is 8.78. The van der Waals surface area contributed by atoms with Gasteiger partial charge in [-0.25, -0.2) is 13.2 Å². The molecular weight excluding hydrogens is 537 g/mol. The lowest BCUT2D eigenvalue weighted by Crippen LogP contribution is -2.44. The zero-order chi connectivity index (χ0) is 27.3. The highest BCUT2D eigenvalue weighted by molar-refractivity contribution is 7.99. The van der Waals surface area contributed by atoms with Crippen molar-refractivity contribution in [3.05, 3.63) is 64.8 Å². The van der Waals surface area contributed by atoms with Crippen LogP contribution >= 0.6 is 23.4 Å². The Morgan fingerprint density at radius 1 is 1.24 bits per heavy atom. The summed E-state index contributed by atoms with van der Waals surface area (Å²) < 4.78 is 48.5. The van der Waals surface area contributed by atoms with Gasteiger partial charge >= 0.3 is 5.97 Å². The van der Waals surface area contributed by atoms with Crippen molar-refractivity contribution in [1.82, 2.24) is 9.88 Å². The van der Waals surface area contributed by atoms with E-state index < -0.39 is 29.2 Å². The van der Waals surface area contributed by atoms with Gasteiger partial charge in [0, 0.05) is 17.1 Å². The van der Waals surface area contributed by atoms with Crippen LogP contribution in [0.4, 0.5) is 13.2 Å². The van der Waals surface area contributed by atoms with Crippen LogP contribution in [0.25, 0.3) is 10.9 Å². The third kappa shape index (κ3) is 6.38. The van der Waals surface area contributed by atoms with E-state index in [0.29, 0.717) is 66.9 Å². The summed E-state index contributed by atoms with van der Waals surface area (Å²) in [5.74, 6) is -0.937. The van der Waals surface area contributed by atoms with Crippen LogP contribution in [0.1, 0.15) is 43.8 Å². The molecule has 10 heteroatoms. The molecule has 0 amide bonds. The Hall–Kier alpha value is -2.49. The van der Waals surface area contributed by atoms with Crippen LogP contribution < -0.4 is 4.74 Å². The van der Waals surface area contributed by atoms with Gasteiger partial charge in [0.1, 0.15) is 23.6 Å². The number of aromatic nitrogens is 1. The first-order chi connectivity index (χ1) is 18.2. The van der Waals surface area contributed by atoms with Gasteiger partial charge in [0.15, 0.2) is 0 Å². The van der Waals surface area contributed by atoms with E-state index in [0.717, 1.165) is 11.8 Å². The normalized spacial score (nSPS) is 16.4. The number of hydrogen-bond donors (Lipinski definition) is 1. The minimum atomic E-state index is -1.45. The largest absolute Gasteiger partial charge is 0.497 e. The molecule has 1 saturated heterocycles. The number of fused-ring (bicyclic) bond motifs is 1. The quantitative estimate of drug-likeness (QED) is 0.194.